The molecular formula is C16H30N2. The first-order valence-electron chi connectivity index (χ1n) is 8.02. The molecule has 0 N–H and O–H groups in total. The zero-order valence-electron chi connectivity index (χ0n) is 12.2. The highest BCUT2D eigenvalue weighted by Crippen LogP contribution is 2.17. The summed E-state index contributed by atoms with van der Waals surface area (Å²) < 4.78 is 0. The van der Waals surface area contributed by atoms with Gasteiger partial charge in [-0.2, -0.15) is 5.26 Å². The smallest absolute Gasteiger partial charge is 0.0977 e. The summed E-state index contributed by atoms with van der Waals surface area (Å²) in [5.74, 6) is 0. The van der Waals surface area contributed by atoms with E-state index in [9.17, 15) is 0 Å². The van der Waals surface area contributed by atoms with Crippen LogP contribution in [0.2, 0.25) is 0 Å². The molecule has 0 aromatic heterocycles. The van der Waals surface area contributed by atoms with Gasteiger partial charge in [-0.3, -0.25) is 4.90 Å². The van der Waals surface area contributed by atoms with Crippen molar-refractivity contribution in [3.05, 3.63) is 0 Å². The van der Waals surface area contributed by atoms with Gasteiger partial charge in [-0.15, -0.1) is 0 Å². The van der Waals surface area contributed by atoms with E-state index in [1.54, 1.807) is 0 Å². The van der Waals surface area contributed by atoms with Crippen LogP contribution in [-0.2, 0) is 0 Å². The normalized spacial score (nSPS) is 20.8. The Bertz CT molecular complexity index is 232. The summed E-state index contributed by atoms with van der Waals surface area (Å²) >= 11 is 0. The fourth-order valence-electron chi connectivity index (χ4n) is 2.85. The maximum atomic E-state index is 9.09. The first-order chi connectivity index (χ1) is 8.88. The minimum Gasteiger partial charge on any atom is -0.288 e. The van der Waals surface area contributed by atoms with Crippen molar-refractivity contribution in [3.63, 3.8) is 0 Å². The maximum Gasteiger partial charge on any atom is 0.0977 e. The Morgan fingerprint density at radius 1 is 1.00 bits per heavy atom. The molecule has 0 bridgehead atoms. The SMILES string of the molecule is CCCCCCCCCCN1CCCCC1C#N. The van der Waals surface area contributed by atoms with E-state index in [4.69, 9.17) is 5.26 Å². The van der Waals surface area contributed by atoms with Gasteiger partial charge in [0.1, 0.15) is 0 Å². The third-order valence-corrected chi connectivity index (χ3v) is 4.06. The number of rotatable bonds is 9. The van der Waals surface area contributed by atoms with Crippen LogP contribution in [0.25, 0.3) is 0 Å². The summed E-state index contributed by atoms with van der Waals surface area (Å²) in [7, 11) is 0. The zero-order chi connectivity index (χ0) is 13.1. The molecule has 1 rings (SSSR count). The van der Waals surface area contributed by atoms with Crippen molar-refractivity contribution >= 4 is 0 Å². The van der Waals surface area contributed by atoms with E-state index in [1.807, 2.05) is 0 Å². The van der Waals surface area contributed by atoms with E-state index in [1.165, 1.54) is 64.2 Å². The zero-order valence-corrected chi connectivity index (χ0v) is 12.2. The fraction of sp³-hybridized carbons (Fsp3) is 0.938. The molecule has 1 aliphatic rings. The quantitative estimate of drug-likeness (QED) is 0.563. The van der Waals surface area contributed by atoms with Crippen LogP contribution in [0.1, 0.15) is 77.6 Å². The highest BCUT2D eigenvalue weighted by Gasteiger charge is 2.20. The molecule has 104 valence electrons. The largest absolute Gasteiger partial charge is 0.288 e. The van der Waals surface area contributed by atoms with Crippen LogP contribution in [0.3, 0.4) is 0 Å². The molecule has 0 amide bonds. The molecule has 0 spiro atoms. The molecule has 1 unspecified atom stereocenters. The number of unbranched alkanes of at least 4 members (excludes halogenated alkanes) is 7. The molecule has 0 aliphatic carbocycles. The predicted molar refractivity (Wildman–Crippen MR) is 77.4 cm³/mol. The van der Waals surface area contributed by atoms with Gasteiger partial charge >= 0.3 is 0 Å². The molecule has 0 aromatic rings. The second kappa shape index (κ2) is 10.4. The summed E-state index contributed by atoms with van der Waals surface area (Å²) in [6.45, 7) is 4.56. The van der Waals surface area contributed by atoms with Crippen molar-refractivity contribution in [2.75, 3.05) is 13.1 Å². The first kappa shape index (κ1) is 15.5. The van der Waals surface area contributed by atoms with Gasteiger partial charge in [0.2, 0.25) is 0 Å². The molecule has 1 saturated heterocycles. The van der Waals surface area contributed by atoms with Gasteiger partial charge in [0.25, 0.3) is 0 Å². The molecule has 0 aromatic carbocycles. The Labute approximate surface area is 113 Å². The summed E-state index contributed by atoms with van der Waals surface area (Å²) in [5, 5.41) is 9.09. The number of piperidine rings is 1. The van der Waals surface area contributed by atoms with E-state index in [2.05, 4.69) is 17.9 Å². The first-order valence-corrected chi connectivity index (χ1v) is 8.02. The molecule has 2 nitrogen and oxygen atoms in total. The second-order valence-electron chi connectivity index (χ2n) is 5.65. The average molecular weight is 250 g/mol. The maximum absolute atomic E-state index is 9.09. The van der Waals surface area contributed by atoms with Crippen LogP contribution in [0.15, 0.2) is 0 Å². The Hall–Kier alpha value is -0.550. The Kier molecular flexibility index (Phi) is 8.94. The van der Waals surface area contributed by atoms with Crippen molar-refractivity contribution in [1.82, 2.24) is 4.90 Å². The Balaban J connectivity index is 1.95. The van der Waals surface area contributed by atoms with Gasteiger partial charge in [0, 0.05) is 0 Å². The number of nitriles is 1. The third-order valence-electron chi connectivity index (χ3n) is 4.06. The van der Waals surface area contributed by atoms with Crippen molar-refractivity contribution < 1.29 is 0 Å². The molecular weight excluding hydrogens is 220 g/mol. The molecule has 1 heterocycles. The lowest BCUT2D eigenvalue weighted by Gasteiger charge is -2.31. The number of hydrogen-bond acceptors (Lipinski definition) is 2. The minimum absolute atomic E-state index is 0.211. The van der Waals surface area contributed by atoms with Gasteiger partial charge in [-0.05, 0) is 38.8 Å². The molecule has 0 saturated carbocycles. The van der Waals surface area contributed by atoms with E-state index < -0.39 is 0 Å². The summed E-state index contributed by atoms with van der Waals surface area (Å²) in [6.07, 6.45) is 14.6. The minimum atomic E-state index is 0.211. The summed E-state index contributed by atoms with van der Waals surface area (Å²) in [4.78, 5) is 2.40. The molecule has 18 heavy (non-hydrogen) atoms. The van der Waals surface area contributed by atoms with Crippen molar-refractivity contribution in [2.24, 2.45) is 0 Å². The van der Waals surface area contributed by atoms with Crippen LogP contribution >= 0.6 is 0 Å². The highest BCUT2D eigenvalue weighted by molar-refractivity contribution is 4.93. The summed E-state index contributed by atoms with van der Waals surface area (Å²) in [6, 6.07) is 2.67. The lowest BCUT2D eigenvalue weighted by Crippen LogP contribution is -2.39. The Morgan fingerprint density at radius 2 is 1.67 bits per heavy atom. The number of nitrogens with zero attached hydrogens (tertiary/aromatic N) is 2. The monoisotopic (exact) mass is 250 g/mol. The average Bonchev–Trinajstić information content (AvgIpc) is 2.42. The van der Waals surface area contributed by atoms with Crippen molar-refractivity contribution in [3.8, 4) is 6.07 Å². The van der Waals surface area contributed by atoms with Crippen LogP contribution in [-0.4, -0.2) is 24.0 Å². The number of hydrogen-bond donors (Lipinski definition) is 0. The molecule has 1 atom stereocenters. The van der Waals surface area contributed by atoms with Gasteiger partial charge in [0.05, 0.1) is 12.1 Å². The van der Waals surface area contributed by atoms with Crippen LogP contribution < -0.4 is 0 Å². The van der Waals surface area contributed by atoms with E-state index in [-0.39, 0.29) is 6.04 Å². The molecule has 1 aliphatic heterocycles. The highest BCUT2D eigenvalue weighted by atomic mass is 15.2. The van der Waals surface area contributed by atoms with Gasteiger partial charge < -0.3 is 0 Å². The molecule has 1 fully saturated rings. The third kappa shape index (κ3) is 6.40. The van der Waals surface area contributed by atoms with Gasteiger partial charge in [0.15, 0.2) is 0 Å². The number of likely N-dealkylation sites (tertiary alicyclic amines) is 1. The van der Waals surface area contributed by atoms with Crippen molar-refractivity contribution in [2.45, 2.75) is 83.6 Å². The Morgan fingerprint density at radius 3 is 2.33 bits per heavy atom. The van der Waals surface area contributed by atoms with E-state index in [0.717, 1.165) is 19.5 Å². The lowest BCUT2D eigenvalue weighted by molar-refractivity contribution is 0.181. The second-order valence-corrected chi connectivity index (χ2v) is 5.65. The van der Waals surface area contributed by atoms with Gasteiger partial charge in [-0.1, -0.05) is 51.9 Å². The van der Waals surface area contributed by atoms with Crippen LogP contribution in [0.4, 0.5) is 0 Å². The predicted octanol–water partition coefficient (Wildman–Crippen LogP) is 4.51. The molecule has 0 radical (unpaired) electrons. The standard InChI is InChI=1S/C16H30N2/c1-2-3-4-5-6-7-8-10-13-18-14-11-9-12-16(18)15-17/h16H,2-14H2,1H3. The van der Waals surface area contributed by atoms with Crippen LogP contribution in [0, 0.1) is 11.3 Å². The van der Waals surface area contributed by atoms with E-state index >= 15 is 0 Å². The van der Waals surface area contributed by atoms with Crippen LogP contribution in [0.5, 0.6) is 0 Å². The molecule has 2 heteroatoms. The summed E-state index contributed by atoms with van der Waals surface area (Å²) in [5.41, 5.74) is 0. The van der Waals surface area contributed by atoms with Crippen molar-refractivity contribution in [1.29, 1.82) is 5.26 Å². The van der Waals surface area contributed by atoms with Gasteiger partial charge in [-0.25, -0.2) is 0 Å². The lowest BCUT2D eigenvalue weighted by atomic mass is 10.0. The van der Waals surface area contributed by atoms with E-state index in [0.29, 0.717) is 0 Å². The fourth-order valence-corrected chi connectivity index (χ4v) is 2.85. The topological polar surface area (TPSA) is 27.0 Å².